The molecule has 140 valence electrons. The highest BCUT2D eigenvalue weighted by atomic mass is 19.1. The SMILES string of the molecule is CNc1ccc(Oc2cc(Nc3cnn(C)c3C)cnc2C=CN)c(F)c1. The van der Waals surface area contributed by atoms with Gasteiger partial charge in [-0.1, -0.05) is 0 Å². The van der Waals surface area contributed by atoms with E-state index in [-0.39, 0.29) is 5.75 Å². The molecule has 7 nitrogen and oxygen atoms in total. The third-order valence-electron chi connectivity index (χ3n) is 4.09. The zero-order chi connectivity index (χ0) is 19.4. The number of aryl methyl sites for hydroxylation is 1. The highest BCUT2D eigenvalue weighted by Crippen LogP contribution is 2.31. The third kappa shape index (κ3) is 4.00. The van der Waals surface area contributed by atoms with Gasteiger partial charge in [-0.25, -0.2) is 4.39 Å². The van der Waals surface area contributed by atoms with Crippen LogP contribution in [0.4, 0.5) is 21.5 Å². The van der Waals surface area contributed by atoms with Crippen molar-refractivity contribution in [3.63, 3.8) is 0 Å². The molecule has 27 heavy (non-hydrogen) atoms. The molecule has 0 unspecified atom stereocenters. The van der Waals surface area contributed by atoms with E-state index in [0.717, 1.165) is 11.4 Å². The first-order chi connectivity index (χ1) is 13.0. The lowest BCUT2D eigenvalue weighted by Crippen LogP contribution is -1.99. The van der Waals surface area contributed by atoms with E-state index in [1.807, 2.05) is 14.0 Å². The van der Waals surface area contributed by atoms with Gasteiger partial charge in [0.1, 0.15) is 5.69 Å². The molecular weight excluding hydrogens is 347 g/mol. The number of anilines is 3. The fourth-order valence-corrected chi connectivity index (χ4v) is 2.46. The van der Waals surface area contributed by atoms with E-state index in [1.54, 1.807) is 48.4 Å². The minimum Gasteiger partial charge on any atom is -0.452 e. The Balaban J connectivity index is 1.93. The number of nitrogens with two attached hydrogens (primary N) is 1. The monoisotopic (exact) mass is 368 g/mol. The predicted molar refractivity (Wildman–Crippen MR) is 105 cm³/mol. The maximum atomic E-state index is 14.3. The smallest absolute Gasteiger partial charge is 0.167 e. The van der Waals surface area contributed by atoms with Crippen molar-refractivity contribution in [2.75, 3.05) is 17.7 Å². The van der Waals surface area contributed by atoms with Crippen LogP contribution < -0.4 is 21.1 Å². The molecule has 8 heteroatoms. The number of benzene rings is 1. The van der Waals surface area contributed by atoms with Gasteiger partial charge in [-0.05, 0) is 31.3 Å². The van der Waals surface area contributed by atoms with Gasteiger partial charge in [-0.15, -0.1) is 0 Å². The van der Waals surface area contributed by atoms with Crippen molar-refractivity contribution in [3.05, 3.63) is 60.1 Å². The molecule has 0 radical (unpaired) electrons. The van der Waals surface area contributed by atoms with Crippen LogP contribution in [-0.4, -0.2) is 21.8 Å². The third-order valence-corrected chi connectivity index (χ3v) is 4.09. The number of nitrogens with zero attached hydrogens (tertiary/aromatic N) is 3. The summed E-state index contributed by atoms with van der Waals surface area (Å²) in [6.07, 6.45) is 6.32. The van der Waals surface area contributed by atoms with Crippen LogP contribution in [0.2, 0.25) is 0 Å². The largest absolute Gasteiger partial charge is 0.452 e. The first-order valence-corrected chi connectivity index (χ1v) is 8.31. The second kappa shape index (κ2) is 7.77. The Hall–Kier alpha value is -3.55. The summed E-state index contributed by atoms with van der Waals surface area (Å²) in [7, 11) is 3.58. The van der Waals surface area contributed by atoms with Crippen LogP contribution in [0, 0.1) is 12.7 Å². The topological polar surface area (TPSA) is 90.0 Å². The molecule has 2 heterocycles. The van der Waals surface area contributed by atoms with Crippen LogP contribution in [0.25, 0.3) is 6.08 Å². The van der Waals surface area contributed by atoms with Gasteiger partial charge >= 0.3 is 0 Å². The molecule has 0 aliphatic heterocycles. The van der Waals surface area contributed by atoms with E-state index in [2.05, 4.69) is 20.7 Å². The zero-order valence-corrected chi connectivity index (χ0v) is 15.3. The molecule has 0 saturated carbocycles. The Labute approximate surface area is 156 Å². The summed E-state index contributed by atoms with van der Waals surface area (Å²) in [6, 6.07) is 6.39. The molecule has 0 saturated heterocycles. The van der Waals surface area contributed by atoms with Gasteiger partial charge < -0.3 is 21.1 Å². The Morgan fingerprint density at radius 3 is 2.63 bits per heavy atom. The number of aromatic nitrogens is 3. The quantitative estimate of drug-likeness (QED) is 0.614. The lowest BCUT2D eigenvalue weighted by atomic mass is 10.2. The van der Waals surface area contributed by atoms with E-state index in [4.69, 9.17) is 10.5 Å². The maximum Gasteiger partial charge on any atom is 0.167 e. The van der Waals surface area contributed by atoms with Gasteiger partial charge in [0.15, 0.2) is 17.3 Å². The Kier molecular flexibility index (Phi) is 5.25. The number of nitrogens with one attached hydrogen (secondary N) is 2. The summed E-state index contributed by atoms with van der Waals surface area (Å²) >= 11 is 0. The number of pyridine rings is 1. The lowest BCUT2D eigenvalue weighted by molar-refractivity contribution is 0.440. The molecule has 0 aliphatic rings. The van der Waals surface area contributed by atoms with E-state index in [0.29, 0.717) is 22.8 Å². The molecule has 0 amide bonds. The van der Waals surface area contributed by atoms with Crippen molar-refractivity contribution < 1.29 is 9.13 Å². The van der Waals surface area contributed by atoms with E-state index in [1.165, 1.54) is 12.3 Å². The summed E-state index contributed by atoms with van der Waals surface area (Å²) in [5.41, 5.74) is 9.13. The highest BCUT2D eigenvalue weighted by Gasteiger charge is 2.12. The lowest BCUT2D eigenvalue weighted by Gasteiger charge is -2.13. The molecule has 2 aromatic heterocycles. The molecule has 0 bridgehead atoms. The van der Waals surface area contributed by atoms with Crippen LogP contribution in [0.5, 0.6) is 11.5 Å². The van der Waals surface area contributed by atoms with Crippen LogP contribution in [-0.2, 0) is 7.05 Å². The van der Waals surface area contributed by atoms with E-state index in [9.17, 15) is 4.39 Å². The van der Waals surface area contributed by atoms with E-state index >= 15 is 0 Å². The summed E-state index contributed by atoms with van der Waals surface area (Å²) in [5, 5.41) is 10.3. The number of rotatable bonds is 6. The summed E-state index contributed by atoms with van der Waals surface area (Å²) < 4.78 is 21.8. The standard InChI is InChI=1S/C19H21FN6O/c1-12-17(11-24-26(12)3)25-14-9-19(16(6-7-21)23-10-14)27-18-5-4-13(22-2)8-15(18)20/h4-11,22,25H,21H2,1-3H3. The van der Waals surface area contributed by atoms with Crippen LogP contribution >= 0.6 is 0 Å². The minimum atomic E-state index is -0.481. The summed E-state index contributed by atoms with van der Waals surface area (Å²) in [4.78, 5) is 4.34. The van der Waals surface area contributed by atoms with Gasteiger partial charge in [0.25, 0.3) is 0 Å². The highest BCUT2D eigenvalue weighted by molar-refractivity contribution is 5.65. The molecule has 0 spiro atoms. The second-order valence-electron chi connectivity index (χ2n) is 5.86. The first kappa shape index (κ1) is 18.2. The normalized spacial score (nSPS) is 11.0. The maximum absolute atomic E-state index is 14.3. The average molecular weight is 368 g/mol. The second-order valence-corrected chi connectivity index (χ2v) is 5.86. The van der Waals surface area contributed by atoms with Crippen LogP contribution in [0.15, 0.2) is 42.9 Å². The Morgan fingerprint density at radius 2 is 2.00 bits per heavy atom. The Morgan fingerprint density at radius 1 is 1.19 bits per heavy atom. The number of ether oxygens (including phenoxy) is 1. The molecule has 4 N–H and O–H groups in total. The molecule has 3 rings (SSSR count). The summed E-state index contributed by atoms with van der Waals surface area (Å²) in [6.45, 7) is 1.95. The number of hydrogen-bond donors (Lipinski definition) is 3. The van der Waals surface area contributed by atoms with Crippen molar-refractivity contribution in [2.45, 2.75) is 6.92 Å². The van der Waals surface area contributed by atoms with Crippen LogP contribution in [0.1, 0.15) is 11.4 Å². The Bertz CT molecular complexity index is 982. The zero-order valence-electron chi connectivity index (χ0n) is 15.3. The molecule has 0 fully saturated rings. The predicted octanol–water partition coefficient (Wildman–Crippen LogP) is 3.77. The fraction of sp³-hybridized carbons (Fsp3) is 0.158. The molecular formula is C19H21FN6O. The molecule has 0 atom stereocenters. The first-order valence-electron chi connectivity index (χ1n) is 8.31. The van der Waals surface area contributed by atoms with Crippen molar-refractivity contribution >= 4 is 23.1 Å². The van der Waals surface area contributed by atoms with Crippen molar-refractivity contribution in [2.24, 2.45) is 12.8 Å². The van der Waals surface area contributed by atoms with E-state index < -0.39 is 5.82 Å². The molecule has 0 aliphatic carbocycles. The number of halogens is 1. The average Bonchev–Trinajstić information content (AvgIpc) is 2.97. The van der Waals surface area contributed by atoms with Crippen molar-refractivity contribution in [1.82, 2.24) is 14.8 Å². The minimum absolute atomic E-state index is 0.0946. The van der Waals surface area contributed by atoms with Crippen LogP contribution in [0.3, 0.4) is 0 Å². The molecule has 3 aromatic rings. The number of hydrogen-bond acceptors (Lipinski definition) is 6. The van der Waals surface area contributed by atoms with Gasteiger partial charge in [-0.2, -0.15) is 5.10 Å². The van der Waals surface area contributed by atoms with Gasteiger partial charge in [0.05, 0.1) is 29.5 Å². The van der Waals surface area contributed by atoms with Crippen molar-refractivity contribution in [3.8, 4) is 11.5 Å². The molecule has 1 aromatic carbocycles. The van der Waals surface area contributed by atoms with Gasteiger partial charge in [-0.3, -0.25) is 9.67 Å². The summed E-state index contributed by atoms with van der Waals surface area (Å²) in [5.74, 6) is -0.0116. The van der Waals surface area contributed by atoms with Crippen molar-refractivity contribution in [1.29, 1.82) is 0 Å². The van der Waals surface area contributed by atoms with Gasteiger partial charge in [0, 0.05) is 31.9 Å². The van der Waals surface area contributed by atoms with Gasteiger partial charge in [0.2, 0.25) is 0 Å². The fourth-order valence-electron chi connectivity index (χ4n) is 2.46.